The van der Waals surface area contributed by atoms with Crippen molar-refractivity contribution < 1.29 is 0 Å². The second kappa shape index (κ2) is 6.78. The minimum atomic E-state index is 0.425. The van der Waals surface area contributed by atoms with Crippen LogP contribution in [0.15, 0.2) is 48.8 Å². The molecule has 0 aliphatic rings. The van der Waals surface area contributed by atoms with Gasteiger partial charge < -0.3 is 10.6 Å². The minimum absolute atomic E-state index is 0.425. The lowest BCUT2D eigenvalue weighted by atomic mass is 10.1. The molecule has 1 heterocycles. The van der Waals surface area contributed by atoms with Crippen molar-refractivity contribution in [3.8, 4) is 0 Å². The summed E-state index contributed by atoms with van der Waals surface area (Å²) < 4.78 is 0. The third kappa shape index (κ3) is 4.28. The molecular weight excluding hydrogens is 234 g/mol. The predicted octanol–water partition coefficient (Wildman–Crippen LogP) is 3.56. The topological polar surface area (TPSA) is 37.0 Å². The monoisotopic (exact) mass is 255 g/mol. The number of hydrogen-bond donors (Lipinski definition) is 2. The van der Waals surface area contributed by atoms with Crippen LogP contribution in [0.1, 0.15) is 18.9 Å². The van der Waals surface area contributed by atoms with E-state index in [4.69, 9.17) is 0 Å². The van der Waals surface area contributed by atoms with Crippen molar-refractivity contribution in [2.24, 2.45) is 0 Å². The van der Waals surface area contributed by atoms with E-state index in [0.717, 1.165) is 24.2 Å². The van der Waals surface area contributed by atoms with Crippen LogP contribution in [-0.2, 0) is 6.42 Å². The van der Waals surface area contributed by atoms with Gasteiger partial charge in [0.2, 0.25) is 0 Å². The summed E-state index contributed by atoms with van der Waals surface area (Å²) in [6.45, 7) is 2.20. The van der Waals surface area contributed by atoms with Crippen molar-refractivity contribution in [2.75, 3.05) is 17.7 Å². The highest BCUT2D eigenvalue weighted by molar-refractivity contribution is 5.53. The zero-order valence-electron chi connectivity index (χ0n) is 11.6. The van der Waals surface area contributed by atoms with Crippen LogP contribution < -0.4 is 10.6 Å². The summed E-state index contributed by atoms with van der Waals surface area (Å²) in [7, 11) is 1.90. The van der Waals surface area contributed by atoms with Crippen LogP contribution in [0.2, 0.25) is 0 Å². The van der Waals surface area contributed by atoms with Gasteiger partial charge in [0.15, 0.2) is 0 Å². The molecule has 2 rings (SSSR count). The summed E-state index contributed by atoms with van der Waals surface area (Å²) in [5, 5.41) is 6.58. The number of rotatable bonds is 6. The van der Waals surface area contributed by atoms with Crippen LogP contribution in [0.5, 0.6) is 0 Å². The summed E-state index contributed by atoms with van der Waals surface area (Å²) in [6.07, 6.45) is 5.88. The maximum absolute atomic E-state index is 4.20. The van der Waals surface area contributed by atoms with Crippen LogP contribution in [0.4, 0.5) is 11.4 Å². The van der Waals surface area contributed by atoms with Gasteiger partial charge in [-0.3, -0.25) is 4.98 Å². The molecule has 100 valence electrons. The molecule has 1 aromatic heterocycles. The molecule has 0 saturated carbocycles. The van der Waals surface area contributed by atoms with E-state index >= 15 is 0 Å². The van der Waals surface area contributed by atoms with Gasteiger partial charge in [-0.05, 0) is 31.4 Å². The van der Waals surface area contributed by atoms with E-state index in [0.29, 0.717) is 6.04 Å². The van der Waals surface area contributed by atoms with E-state index in [1.807, 2.05) is 19.4 Å². The molecule has 3 nitrogen and oxygen atoms in total. The first-order valence-corrected chi connectivity index (χ1v) is 6.71. The summed E-state index contributed by atoms with van der Waals surface area (Å²) in [5.74, 6) is 0. The molecule has 0 spiro atoms. The van der Waals surface area contributed by atoms with Crippen molar-refractivity contribution >= 4 is 11.4 Å². The van der Waals surface area contributed by atoms with Crippen molar-refractivity contribution in [1.29, 1.82) is 0 Å². The molecule has 0 radical (unpaired) electrons. The SMILES string of the molecule is CNc1cncc(NC(C)CCc2ccccc2)c1. The van der Waals surface area contributed by atoms with Gasteiger partial charge in [0, 0.05) is 13.1 Å². The van der Waals surface area contributed by atoms with E-state index in [9.17, 15) is 0 Å². The highest BCUT2D eigenvalue weighted by atomic mass is 14.9. The lowest BCUT2D eigenvalue weighted by molar-refractivity contribution is 0.706. The Morgan fingerprint density at radius 2 is 1.84 bits per heavy atom. The fourth-order valence-electron chi connectivity index (χ4n) is 2.04. The average Bonchev–Trinajstić information content (AvgIpc) is 2.46. The van der Waals surface area contributed by atoms with E-state index in [2.05, 4.69) is 58.9 Å². The van der Waals surface area contributed by atoms with E-state index < -0.39 is 0 Å². The molecule has 0 amide bonds. The standard InChI is InChI=1S/C16H21N3/c1-13(8-9-14-6-4-3-5-7-14)19-16-10-15(17-2)11-18-12-16/h3-7,10-13,17,19H,8-9H2,1-2H3. The Labute approximate surface area is 115 Å². The molecule has 0 aliphatic carbocycles. The molecule has 0 aliphatic heterocycles. The van der Waals surface area contributed by atoms with E-state index in [-0.39, 0.29) is 0 Å². The Bertz CT molecular complexity index is 496. The van der Waals surface area contributed by atoms with Gasteiger partial charge in [-0.1, -0.05) is 30.3 Å². The Balaban J connectivity index is 1.85. The zero-order chi connectivity index (χ0) is 13.5. The normalized spacial score (nSPS) is 11.9. The molecular formula is C16H21N3. The first-order chi connectivity index (χ1) is 9.28. The first-order valence-electron chi connectivity index (χ1n) is 6.71. The maximum atomic E-state index is 4.20. The number of aromatic nitrogens is 1. The van der Waals surface area contributed by atoms with Gasteiger partial charge >= 0.3 is 0 Å². The molecule has 1 unspecified atom stereocenters. The Hall–Kier alpha value is -2.03. The van der Waals surface area contributed by atoms with Crippen LogP contribution >= 0.6 is 0 Å². The fourth-order valence-corrected chi connectivity index (χ4v) is 2.04. The predicted molar refractivity (Wildman–Crippen MR) is 81.6 cm³/mol. The van der Waals surface area contributed by atoms with Gasteiger partial charge in [0.1, 0.15) is 0 Å². The van der Waals surface area contributed by atoms with Crippen LogP contribution in [0.3, 0.4) is 0 Å². The van der Waals surface area contributed by atoms with Gasteiger partial charge in [-0.15, -0.1) is 0 Å². The highest BCUT2D eigenvalue weighted by Gasteiger charge is 2.03. The Kier molecular flexibility index (Phi) is 4.78. The number of benzene rings is 1. The Morgan fingerprint density at radius 1 is 1.11 bits per heavy atom. The molecule has 1 aromatic carbocycles. The number of nitrogens with zero attached hydrogens (tertiary/aromatic N) is 1. The maximum Gasteiger partial charge on any atom is 0.0549 e. The molecule has 0 bridgehead atoms. The summed E-state index contributed by atoms with van der Waals surface area (Å²) in [4.78, 5) is 4.20. The molecule has 19 heavy (non-hydrogen) atoms. The minimum Gasteiger partial charge on any atom is -0.387 e. The molecule has 1 atom stereocenters. The van der Waals surface area contributed by atoms with Crippen LogP contribution in [0.25, 0.3) is 0 Å². The largest absolute Gasteiger partial charge is 0.387 e. The van der Waals surface area contributed by atoms with Crippen molar-refractivity contribution in [3.05, 3.63) is 54.4 Å². The second-order valence-electron chi connectivity index (χ2n) is 4.78. The number of pyridine rings is 1. The van der Waals surface area contributed by atoms with Crippen LogP contribution in [0, 0.1) is 0 Å². The molecule has 3 heteroatoms. The number of anilines is 2. The molecule has 2 aromatic rings. The first kappa shape index (κ1) is 13.4. The third-order valence-electron chi connectivity index (χ3n) is 3.15. The number of nitrogens with one attached hydrogen (secondary N) is 2. The fraction of sp³-hybridized carbons (Fsp3) is 0.312. The summed E-state index contributed by atoms with van der Waals surface area (Å²) in [6, 6.07) is 13.1. The van der Waals surface area contributed by atoms with Gasteiger partial charge in [-0.2, -0.15) is 0 Å². The van der Waals surface area contributed by atoms with Gasteiger partial charge in [0.25, 0.3) is 0 Å². The van der Waals surface area contributed by atoms with Crippen LogP contribution in [-0.4, -0.2) is 18.1 Å². The summed E-state index contributed by atoms with van der Waals surface area (Å²) >= 11 is 0. The highest BCUT2D eigenvalue weighted by Crippen LogP contribution is 2.15. The molecule has 2 N–H and O–H groups in total. The van der Waals surface area contributed by atoms with E-state index in [1.54, 1.807) is 0 Å². The van der Waals surface area contributed by atoms with Gasteiger partial charge in [0.05, 0.1) is 23.8 Å². The van der Waals surface area contributed by atoms with Crippen molar-refractivity contribution in [2.45, 2.75) is 25.8 Å². The van der Waals surface area contributed by atoms with E-state index in [1.165, 1.54) is 5.56 Å². The summed E-state index contributed by atoms with van der Waals surface area (Å²) in [5.41, 5.74) is 3.48. The van der Waals surface area contributed by atoms with Gasteiger partial charge in [-0.25, -0.2) is 0 Å². The molecule has 0 fully saturated rings. The van der Waals surface area contributed by atoms with Crippen molar-refractivity contribution in [1.82, 2.24) is 4.98 Å². The Morgan fingerprint density at radius 3 is 2.58 bits per heavy atom. The second-order valence-corrected chi connectivity index (χ2v) is 4.78. The number of hydrogen-bond acceptors (Lipinski definition) is 3. The zero-order valence-corrected chi connectivity index (χ0v) is 11.6. The number of aryl methyl sites for hydroxylation is 1. The average molecular weight is 255 g/mol. The third-order valence-corrected chi connectivity index (χ3v) is 3.15. The quantitative estimate of drug-likeness (QED) is 0.828. The smallest absolute Gasteiger partial charge is 0.0549 e. The lowest BCUT2D eigenvalue weighted by Crippen LogP contribution is -2.16. The lowest BCUT2D eigenvalue weighted by Gasteiger charge is -2.15. The van der Waals surface area contributed by atoms with Crippen molar-refractivity contribution in [3.63, 3.8) is 0 Å². The molecule has 0 saturated heterocycles.